The minimum Gasteiger partial charge on any atom is -0.391 e. The van der Waals surface area contributed by atoms with Gasteiger partial charge in [-0.3, -0.25) is 0 Å². The van der Waals surface area contributed by atoms with Crippen molar-refractivity contribution in [3.63, 3.8) is 0 Å². The molecule has 0 aromatic rings. The monoisotopic (exact) mass is 240 g/mol. The lowest BCUT2D eigenvalue weighted by atomic mass is 10.2. The normalized spacial score (nSPS) is 18.0. The van der Waals surface area contributed by atoms with Gasteiger partial charge >= 0.3 is 12.4 Å². The van der Waals surface area contributed by atoms with Crippen LogP contribution in [0.1, 0.15) is 13.8 Å². The minimum absolute atomic E-state index is 0.926. The fourth-order valence-electron chi connectivity index (χ4n) is 0.668. The maximum absolute atomic E-state index is 11.9. The van der Waals surface area contributed by atoms with Crippen molar-refractivity contribution in [3.8, 4) is 0 Å². The molecule has 0 radical (unpaired) electrons. The molecule has 0 aliphatic carbocycles. The van der Waals surface area contributed by atoms with Gasteiger partial charge in [0.05, 0.1) is 12.2 Å². The van der Waals surface area contributed by atoms with Crippen LogP contribution in [0.2, 0.25) is 0 Å². The van der Waals surface area contributed by atoms with Crippen molar-refractivity contribution in [2.75, 3.05) is 0 Å². The molecule has 92 valence electrons. The van der Waals surface area contributed by atoms with Gasteiger partial charge in [-0.15, -0.1) is 0 Å². The van der Waals surface area contributed by atoms with Crippen LogP contribution in [-0.2, 0) is 4.74 Å². The molecule has 0 heterocycles. The van der Waals surface area contributed by atoms with Gasteiger partial charge in [-0.1, -0.05) is 0 Å². The fraction of sp³-hybridized carbons (Fsp3) is 1.00. The lowest BCUT2D eigenvalue weighted by Gasteiger charge is -2.27. The van der Waals surface area contributed by atoms with Crippen molar-refractivity contribution in [1.29, 1.82) is 0 Å². The molecule has 0 fully saturated rings. The summed E-state index contributed by atoms with van der Waals surface area (Å²) in [5, 5.41) is 8.74. The second-order valence-electron chi connectivity index (χ2n) is 3.05. The van der Waals surface area contributed by atoms with E-state index in [-0.39, 0.29) is 0 Å². The summed E-state index contributed by atoms with van der Waals surface area (Å²) < 4.78 is 75.2. The van der Waals surface area contributed by atoms with Crippen molar-refractivity contribution >= 4 is 0 Å². The first-order valence-corrected chi connectivity index (χ1v) is 3.93. The van der Waals surface area contributed by atoms with E-state index in [1.165, 1.54) is 0 Å². The van der Waals surface area contributed by atoms with Gasteiger partial charge in [-0.05, 0) is 13.8 Å². The molecule has 0 bridgehead atoms. The predicted octanol–water partition coefficient (Wildman–Crippen LogP) is 2.27. The zero-order valence-corrected chi connectivity index (χ0v) is 7.86. The Morgan fingerprint density at radius 1 is 0.933 bits per heavy atom. The van der Waals surface area contributed by atoms with Crippen molar-refractivity contribution in [2.45, 2.75) is 44.5 Å². The molecule has 0 amide bonds. The van der Waals surface area contributed by atoms with Crippen LogP contribution in [0.4, 0.5) is 26.3 Å². The van der Waals surface area contributed by atoms with Gasteiger partial charge < -0.3 is 9.84 Å². The molecule has 0 aromatic heterocycles. The first-order valence-electron chi connectivity index (χ1n) is 3.93. The topological polar surface area (TPSA) is 29.5 Å². The van der Waals surface area contributed by atoms with E-state index in [4.69, 9.17) is 5.11 Å². The van der Waals surface area contributed by atoms with Crippen molar-refractivity contribution in [1.82, 2.24) is 0 Å². The Kier molecular flexibility index (Phi) is 4.41. The molecule has 8 heteroatoms. The molecule has 2 unspecified atom stereocenters. The molecule has 0 saturated heterocycles. The standard InChI is InChI=1S/C7H10F6O2/c1-3(14)4(2)15-5(6(8,9)10)7(11,12)13/h3-5,14H,1-2H3. The molecule has 0 rings (SSSR count). The Labute approximate surface area is 81.8 Å². The summed E-state index contributed by atoms with van der Waals surface area (Å²) in [5.74, 6) is 0. The van der Waals surface area contributed by atoms with Crippen LogP contribution in [0.25, 0.3) is 0 Å². The number of aliphatic hydroxyl groups excluding tert-OH is 1. The second kappa shape index (κ2) is 4.56. The third-order valence-corrected chi connectivity index (χ3v) is 1.62. The summed E-state index contributed by atoms with van der Waals surface area (Å²) in [6.45, 7) is 1.96. The van der Waals surface area contributed by atoms with E-state index in [0.29, 0.717) is 0 Å². The van der Waals surface area contributed by atoms with Crippen LogP contribution in [-0.4, -0.2) is 35.8 Å². The molecule has 0 aromatic carbocycles. The zero-order valence-electron chi connectivity index (χ0n) is 7.86. The molecule has 0 saturated carbocycles. The summed E-state index contributed by atoms with van der Waals surface area (Å²) >= 11 is 0. The first-order chi connectivity index (χ1) is 6.46. The third kappa shape index (κ3) is 4.70. The maximum Gasteiger partial charge on any atom is 0.423 e. The molecule has 15 heavy (non-hydrogen) atoms. The van der Waals surface area contributed by atoms with E-state index in [9.17, 15) is 26.3 Å². The van der Waals surface area contributed by atoms with Gasteiger partial charge in [0.25, 0.3) is 0 Å². The van der Waals surface area contributed by atoms with Crippen LogP contribution < -0.4 is 0 Å². The van der Waals surface area contributed by atoms with Gasteiger partial charge in [0, 0.05) is 0 Å². The van der Waals surface area contributed by atoms with Gasteiger partial charge in [-0.2, -0.15) is 26.3 Å². The summed E-state index contributed by atoms with van der Waals surface area (Å²) in [6, 6.07) is 0. The number of alkyl halides is 6. The molecule has 2 nitrogen and oxygen atoms in total. The van der Waals surface area contributed by atoms with E-state index in [1.807, 2.05) is 0 Å². The highest BCUT2D eigenvalue weighted by Crippen LogP contribution is 2.36. The maximum atomic E-state index is 11.9. The largest absolute Gasteiger partial charge is 0.423 e. The van der Waals surface area contributed by atoms with Gasteiger partial charge in [0.2, 0.25) is 6.10 Å². The number of ether oxygens (including phenoxy) is 1. The summed E-state index contributed by atoms with van der Waals surface area (Å²) in [7, 11) is 0. The van der Waals surface area contributed by atoms with Gasteiger partial charge in [0.1, 0.15) is 0 Å². The van der Waals surface area contributed by atoms with E-state index < -0.39 is 30.7 Å². The lowest BCUT2D eigenvalue weighted by molar-refractivity contribution is -0.333. The summed E-state index contributed by atoms with van der Waals surface area (Å²) in [4.78, 5) is 0. The van der Waals surface area contributed by atoms with Crippen molar-refractivity contribution in [2.24, 2.45) is 0 Å². The number of aliphatic hydroxyl groups is 1. The van der Waals surface area contributed by atoms with Crippen LogP contribution >= 0.6 is 0 Å². The predicted molar refractivity (Wildman–Crippen MR) is 38.1 cm³/mol. The SMILES string of the molecule is CC(O)C(C)OC(C(F)(F)F)C(F)(F)F. The number of halogens is 6. The van der Waals surface area contributed by atoms with E-state index >= 15 is 0 Å². The Morgan fingerprint density at radius 3 is 1.47 bits per heavy atom. The highest BCUT2D eigenvalue weighted by Gasteiger charge is 2.58. The van der Waals surface area contributed by atoms with Crippen molar-refractivity contribution in [3.05, 3.63) is 0 Å². The number of hydrogen-bond donors (Lipinski definition) is 1. The van der Waals surface area contributed by atoms with Crippen LogP contribution in [0.5, 0.6) is 0 Å². The Morgan fingerprint density at radius 2 is 1.27 bits per heavy atom. The molecule has 0 aliphatic heterocycles. The Hall–Kier alpha value is -0.500. The second-order valence-corrected chi connectivity index (χ2v) is 3.05. The summed E-state index contributed by atoms with van der Waals surface area (Å²) in [6.07, 6.45) is -17.9. The number of rotatable bonds is 3. The molecule has 0 aliphatic rings. The fourth-order valence-corrected chi connectivity index (χ4v) is 0.668. The molecular weight excluding hydrogens is 230 g/mol. The van der Waals surface area contributed by atoms with E-state index in [1.54, 1.807) is 0 Å². The lowest BCUT2D eigenvalue weighted by Crippen LogP contribution is -2.47. The first kappa shape index (κ1) is 14.5. The molecular formula is C7H10F6O2. The summed E-state index contributed by atoms with van der Waals surface area (Å²) in [5.41, 5.74) is 0. The highest BCUT2D eigenvalue weighted by atomic mass is 19.4. The third-order valence-electron chi connectivity index (χ3n) is 1.62. The quantitative estimate of drug-likeness (QED) is 0.767. The van der Waals surface area contributed by atoms with Crippen LogP contribution in [0.3, 0.4) is 0 Å². The van der Waals surface area contributed by atoms with Gasteiger partial charge in [-0.25, -0.2) is 0 Å². The van der Waals surface area contributed by atoms with Crippen molar-refractivity contribution < 1.29 is 36.2 Å². The van der Waals surface area contributed by atoms with E-state index in [0.717, 1.165) is 13.8 Å². The zero-order chi connectivity index (χ0) is 12.4. The molecule has 0 spiro atoms. The van der Waals surface area contributed by atoms with Crippen LogP contribution in [0.15, 0.2) is 0 Å². The van der Waals surface area contributed by atoms with E-state index in [2.05, 4.69) is 4.74 Å². The highest BCUT2D eigenvalue weighted by molar-refractivity contribution is 4.78. The number of hydrogen-bond acceptors (Lipinski definition) is 2. The molecule has 2 atom stereocenters. The Balaban J connectivity index is 4.69. The smallest absolute Gasteiger partial charge is 0.391 e. The average Bonchev–Trinajstić information content (AvgIpc) is 1.94. The van der Waals surface area contributed by atoms with Gasteiger partial charge in [0.15, 0.2) is 0 Å². The minimum atomic E-state index is -5.54. The Bertz CT molecular complexity index is 183. The van der Waals surface area contributed by atoms with Crippen LogP contribution in [0, 0.1) is 0 Å². The molecule has 1 N–H and O–H groups in total. The average molecular weight is 240 g/mol.